The third-order valence-electron chi connectivity index (χ3n) is 3.94. The van der Waals surface area contributed by atoms with Crippen LogP contribution in [0.4, 0.5) is 5.82 Å². The maximum atomic E-state index is 5.17. The van der Waals surface area contributed by atoms with Gasteiger partial charge in [-0.1, -0.05) is 6.07 Å². The van der Waals surface area contributed by atoms with Gasteiger partial charge in [0.2, 0.25) is 5.88 Å². The van der Waals surface area contributed by atoms with Crippen molar-refractivity contribution in [3.05, 3.63) is 18.2 Å². The van der Waals surface area contributed by atoms with Gasteiger partial charge in [0.25, 0.3) is 0 Å². The number of anilines is 1. The van der Waals surface area contributed by atoms with Crippen molar-refractivity contribution >= 4 is 5.82 Å². The van der Waals surface area contributed by atoms with Gasteiger partial charge >= 0.3 is 0 Å². The molecule has 0 spiro atoms. The molecule has 1 fully saturated rings. The lowest BCUT2D eigenvalue weighted by Gasteiger charge is -2.35. The first-order valence-corrected chi connectivity index (χ1v) is 6.68. The number of pyridine rings is 1. The molecule has 0 radical (unpaired) electrons. The number of aromatic nitrogens is 1. The highest BCUT2D eigenvalue weighted by atomic mass is 16.5. The van der Waals surface area contributed by atoms with E-state index < -0.39 is 0 Å². The zero-order valence-electron chi connectivity index (χ0n) is 11.5. The molecule has 2 heterocycles. The number of rotatable bonds is 4. The minimum Gasteiger partial charge on any atom is -0.481 e. The van der Waals surface area contributed by atoms with Gasteiger partial charge < -0.3 is 15.0 Å². The molecule has 4 nitrogen and oxygen atoms in total. The van der Waals surface area contributed by atoms with Crippen molar-refractivity contribution in [3.8, 4) is 5.88 Å². The summed E-state index contributed by atoms with van der Waals surface area (Å²) >= 11 is 0. The van der Waals surface area contributed by atoms with E-state index in [1.54, 1.807) is 7.11 Å². The van der Waals surface area contributed by atoms with Crippen LogP contribution in [0.3, 0.4) is 0 Å². The van der Waals surface area contributed by atoms with Gasteiger partial charge in [0.05, 0.1) is 7.11 Å². The molecule has 1 aromatic rings. The SMILES string of the molecule is CNC(C)C1CCN(c2cccc(OC)n2)CC1. The van der Waals surface area contributed by atoms with E-state index in [9.17, 15) is 0 Å². The van der Waals surface area contributed by atoms with Crippen LogP contribution in [0.2, 0.25) is 0 Å². The Morgan fingerprint density at radius 1 is 1.39 bits per heavy atom. The molecule has 0 aromatic carbocycles. The lowest BCUT2D eigenvalue weighted by atomic mass is 9.90. The van der Waals surface area contributed by atoms with E-state index in [2.05, 4.69) is 28.2 Å². The normalized spacial score (nSPS) is 18.7. The van der Waals surface area contributed by atoms with Crippen molar-refractivity contribution < 1.29 is 4.74 Å². The monoisotopic (exact) mass is 249 g/mol. The molecule has 1 N–H and O–H groups in total. The average Bonchev–Trinajstić information content (AvgIpc) is 2.46. The largest absolute Gasteiger partial charge is 0.481 e. The van der Waals surface area contributed by atoms with Gasteiger partial charge in [0.15, 0.2) is 0 Å². The zero-order chi connectivity index (χ0) is 13.0. The molecule has 1 aliphatic rings. The van der Waals surface area contributed by atoms with Crippen molar-refractivity contribution in [1.29, 1.82) is 0 Å². The fourth-order valence-electron chi connectivity index (χ4n) is 2.56. The Kier molecular flexibility index (Phi) is 4.42. The topological polar surface area (TPSA) is 37.4 Å². The maximum Gasteiger partial charge on any atom is 0.214 e. The molecule has 0 aliphatic carbocycles. The Morgan fingerprint density at radius 3 is 2.72 bits per heavy atom. The predicted molar refractivity (Wildman–Crippen MR) is 74.2 cm³/mol. The summed E-state index contributed by atoms with van der Waals surface area (Å²) in [7, 11) is 3.70. The van der Waals surface area contributed by atoms with Crippen LogP contribution < -0.4 is 15.0 Å². The van der Waals surface area contributed by atoms with Gasteiger partial charge in [-0.2, -0.15) is 4.98 Å². The van der Waals surface area contributed by atoms with Crippen molar-refractivity contribution in [2.24, 2.45) is 5.92 Å². The van der Waals surface area contributed by atoms with Gasteiger partial charge in [-0.15, -0.1) is 0 Å². The lowest BCUT2D eigenvalue weighted by Crippen LogP contribution is -2.41. The number of nitrogens with one attached hydrogen (secondary N) is 1. The number of hydrogen-bond donors (Lipinski definition) is 1. The van der Waals surface area contributed by atoms with E-state index in [1.807, 2.05) is 19.2 Å². The zero-order valence-corrected chi connectivity index (χ0v) is 11.5. The first kappa shape index (κ1) is 13.1. The maximum absolute atomic E-state index is 5.17. The summed E-state index contributed by atoms with van der Waals surface area (Å²) in [6.45, 7) is 4.43. The standard InChI is InChI=1S/C14H23N3O/c1-11(15-2)12-7-9-17(10-8-12)13-5-4-6-14(16-13)18-3/h4-6,11-12,15H,7-10H2,1-3H3. The van der Waals surface area contributed by atoms with Gasteiger partial charge in [-0.05, 0) is 38.8 Å². The first-order chi connectivity index (χ1) is 8.74. The molecule has 1 aliphatic heterocycles. The summed E-state index contributed by atoms with van der Waals surface area (Å²) in [5.74, 6) is 2.50. The van der Waals surface area contributed by atoms with Crippen LogP contribution in [0.5, 0.6) is 5.88 Å². The summed E-state index contributed by atoms with van der Waals surface area (Å²) in [6, 6.07) is 6.55. The van der Waals surface area contributed by atoms with Crippen molar-refractivity contribution in [3.63, 3.8) is 0 Å². The molecular formula is C14H23N3O. The minimum atomic E-state index is 0.602. The number of methoxy groups -OCH3 is 1. The van der Waals surface area contributed by atoms with E-state index in [0.29, 0.717) is 11.9 Å². The smallest absolute Gasteiger partial charge is 0.214 e. The molecular weight excluding hydrogens is 226 g/mol. The predicted octanol–water partition coefficient (Wildman–Crippen LogP) is 1.91. The Balaban J connectivity index is 1.96. The summed E-state index contributed by atoms with van der Waals surface area (Å²) in [4.78, 5) is 6.84. The van der Waals surface area contributed by atoms with Crippen LogP contribution in [0.1, 0.15) is 19.8 Å². The molecule has 0 bridgehead atoms. The Bertz CT molecular complexity index is 375. The number of nitrogens with zero attached hydrogens (tertiary/aromatic N) is 2. The second-order valence-electron chi connectivity index (χ2n) is 4.94. The Labute approximate surface area is 109 Å². The van der Waals surface area contributed by atoms with Gasteiger partial charge in [0.1, 0.15) is 5.82 Å². The van der Waals surface area contributed by atoms with E-state index >= 15 is 0 Å². The average molecular weight is 249 g/mol. The quantitative estimate of drug-likeness (QED) is 0.884. The van der Waals surface area contributed by atoms with E-state index in [4.69, 9.17) is 4.74 Å². The summed E-state index contributed by atoms with van der Waals surface area (Å²) in [5.41, 5.74) is 0. The van der Waals surface area contributed by atoms with Crippen LogP contribution in [0.15, 0.2) is 18.2 Å². The molecule has 0 amide bonds. The second kappa shape index (κ2) is 6.05. The third-order valence-corrected chi connectivity index (χ3v) is 3.94. The molecule has 1 atom stereocenters. The Morgan fingerprint density at radius 2 is 2.11 bits per heavy atom. The summed E-state index contributed by atoms with van der Waals surface area (Å²) in [5, 5.41) is 3.35. The second-order valence-corrected chi connectivity index (χ2v) is 4.94. The van der Waals surface area contributed by atoms with E-state index in [1.165, 1.54) is 12.8 Å². The van der Waals surface area contributed by atoms with Crippen LogP contribution >= 0.6 is 0 Å². The van der Waals surface area contributed by atoms with Crippen molar-refractivity contribution in [2.45, 2.75) is 25.8 Å². The van der Waals surface area contributed by atoms with Crippen LogP contribution in [0.25, 0.3) is 0 Å². The molecule has 1 aromatic heterocycles. The molecule has 1 saturated heterocycles. The molecule has 4 heteroatoms. The molecule has 1 unspecified atom stereocenters. The molecule has 18 heavy (non-hydrogen) atoms. The Hall–Kier alpha value is -1.29. The molecule has 100 valence electrons. The number of ether oxygens (including phenoxy) is 1. The summed E-state index contributed by atoms with van der Waals surface area (Å²) in [6.07, 6.45) is 2.45. The molecule has 2 rings (SSSR count). The highest BCUT2D eigenvalue weighted by Crippen LogP contribution is 2.25. The van der Waals surface area contributed by atoms with Crippen LogP contribution in [0, 0.1) is 5.92 Å². The highest BCUT2D eigenvalue weighted by Gasteiger charge is 2.23. The summed E-state index contributed by atoms with van der Waals surface area (Å²) < 4.78 is 5.17. The van der Waals surface area contributed by atoms with Crippen molar-refractivity contribution in [2.75, 3.05) is 32.1 Å². The first-order valence-electron chi connectivity index (χ1n) is 6.68. The lowest BCUT2D eigenvalue weighted by molar-refractivity contribution is 0.322. The fraction of sp³-hybridized carbons (Fsp3) is 0.643. The molecule has 0 saturated carbocycles. The van der Waals surface area contributed by atoms with Crippen molar-refractivity contribution in [1.82, 2.24) is 10.3 Å². The van der Waals surface area contributed by atoms with E-state index in [-0.39, 0.29) is 0 Å². The van der Waals surface area contributed by atoms with Crippen LogP contribution in [-0.4, -0.2) is 38.3 Å². The van der Waals surface area contributed by atoms with Gasteiger partial charge in [-0.25, -0.2) is 0 Å². The minimum absolute atomic E-state index is 0.602. The third kappa shape index (κ3) is 2.93. The fourth-order valence-corrected chi connectivity index (χ4v) is 2.56. The van der Waals surface area contributed by atoms with Crippen LogP contribution in [-0.2, 0) is 0 Å². The highest BCUT2D eigenvalue weighted by molar-refractivity contribution is 5.41. The van der Waals surface area contributed by atoms with E-state index in [0.717, 1.165) is 24.8 Å². The van der Waals surface area contributed by atoms with Gasteiger partial charge in [-0.3, -0.25) is 0 Å². The number of piperidine rings is 1. The van der Waals surface area contributed by atoms with Gasteiger partial charge in [0, 0.05) is 25.2 Å². The number of hydrogen-bond acceptors (Lipinski definition) is 4.